The molecule has 2 amide bonds. The Morgan fingerprint density at radius 3 is 2.56 bits per heavy atom. The molecule has 0 saturated heterocycles. The van der Waals surface area contributed by atoms with E-state index in [4.69, 9.17) is 5.26 Å². The lowest BCUT2D eigenvalue weighted by molar-refractivity contribution is -0.0506. The molecule has 25 heavy (non-hydrogen) atoms. The van der Waals surface area contributed by atoms with Gasteiger partial charge in [-0.3, -0.25) is 0 Å². The van der Waals surface area contributed by atoms with Gasteiger partial charge in [0.25, 0.3) is 0 Å². The van der Waals surface area contributed by atoms with Crippen LogP contribution in [-0.2, 0) is 0 Å². The monoisotopic (exact) mass is 345 g/mol. The molecule has 0 aliphatic rings. The molecule has 1 unspecified atom stereocenters. The highest BCUT2D eigenvalue weighted by atomic mass is 19.3. The van der Waals surface area contributed by atoms with Crippen LogP contribution in [0, 0.1) is 11.3 Å². The van der Waals surface area contributed by atoms with Crippen molar-refractivity contribution in [2.24, 2.45) is 0 Å². The molecule has 7 heteroatoms. The minimum Gasteiger partial charge on any atom is -0.434 e. The summed E-state index contributed by atoms with van der Waals surface area (Å²) in [6.45, 7) is -1.14. The number of urea groups is 1. The standard InChI is InChI=1S/C18H17F2N3O2/c1-2-14(13-8-4-6-10-16(13)25-17(19)20)22-18(24)23-15-9-5-3-7-12(15)11-21/h3-10,14,17H,2H2,1H3,(H2,22,23,24). The van der Waals surface area contributed by atoms with Crippen LogP contribution in [0.3, 0.4) is 0 Å². The number of nitriles is 1. The average molecular weight is 345 g/mol. The first-order valence-corrected chi connectivity index (χ1v) is 7.65. The molecule has 0 fully saturated rings. The summed E-state index contributed by atoms with van der Waals surface area (Å²) in [5, 5.41) is 14.4. The van der Waals surface area contributed by atoms with E-state index < -0.39 is 18.7 Å². The smallest absolute Gasteiger partial charge is 0.387 e. The number of para-hydroxylation sites is 2. The first-order valence-electron chi connectivity index (χ1n) is 7.65. The minimum atomic E-state index is -2.95. The van der Waals surface area contributed by atoms with Gasteiger partial charge in [0.15, 0.2) is 0 Å². The van der Waals surface area contributed by atoms with Crippen LogP contribution in [0.2, 0.25) is 0 Å². The number of alkyl halides is 2. The summed E-state index contributed by atoms with van der Waals surface area (Å²) in [6.07, 6.45) is 0.469. The highest BCUT2D eigenvalue weighted by Crippen LogP contribution is 2.28. The molecule has 2 aromatic rings. The maximum Gasteiger partial charge on any atom is 0.387 e. The zero-order valence-corrected chi connectivity index (χ0v) is 13.5. The fraction of sp³-hybridized carbons (Fsp3) is 0.222. The van der Waals surface area contributed by atoms with Gasteiger partial charge in [-0.05, 0) is 24.6 Å². The summed E-state index contributed by atoms with van der Waals surface area (Å²) in [7, 11) is 0. The van der Waals surface area contributed by atoms with Gasteiger partial charge < -0.3 is 15.4 Å². The van der Waals surface area contributed by atoms with Gasteiger partial charge in [0.05, 0.1) is 17.3 Å². The fourth-order valence-electron chi connectivity index (χ4n) is 2.38. The van der Waals surface area contributed by atoms with Crippen molar-refractivity contribution >= 4 is 11.7 Å². The highest BCUT2D eigenvalue weighted by Gasteiger charge is 2.19. The Morgan fingerprint density at radius 2 is 1.88 bits per heavy atom. The molecule has 0 aliphatic carbocycles. The number of nitrogens with zero attached hydrogens (tertiary/aromatic N) is 1. The SMILES string of the molecule is CCC(NC(=O)Nc1ccccc1C#N)c1ccccc1OC(F)F. The van der Waals surface area contributed by atoms with E-state index >= 15 is 0 Å². The van der Waals surface area contributed by atoms with Crippen LogP contribution in [0.1, 0.15) is 30.5 Å². The normalized spacial score (nSPS) is 11.5. The average Bonchev–Trinajstić information content (AvgIpc) is 2.60. The number of carbonyl (C=O) groups excluding carboxylic acids is 1. The summed E-state index contributed by atoms with van der Waals surface area (Å²) in [6, 6.07) is 13.8. The third-order valence-corrected chi connectivity index (χ3v) is 3.52. The largest absolute Gasteiger partial charge is 0.434 e. The lowest BCUT2D eigenvalue weighted by atomic mass is 10.0. The van der Waals surface area contributed by atoms with Gasteiger partial charge in [0.1, 0.15) is 11.8 Å². The number of amides is 2. The Labute approximate surface area is 144 Å². The van der Waals surface area contributed by atoms with Gasteiger partial charge in [0, 0.05) is 5.56 Å². The molecule has 0 aliphatic heterocycles. The molecule has 0 saturated carbocycles. The zero-order chi connectivity index (χ0) is 18.2. The van der Waals surface area contributed by atoms with Crippen LogP contribution < -0.4 is 15.4 Å². The number of hydrogen-bond acceptors (Lipinski definition) is 3. The number of rotatable bonds is 6. The van der Waals surface area contributed by atoms with Crippen molar-refractivity contribution in [3.63, 3.8) is 0 Å². The topological polar surface area (TPSA) is 74.2 Å². The van der Waals surface area contributed by atoms with E-state index in [9.17, 15) is 13.6 Å². The van der Waals surface area contributed by atoms with E-state index in [1.807, 2.05) is 13.0 Å². The lowest BCUT2D eigenvalue weighted by Gasteiger charge is -2.21. The van der Waals surface area contributed by atoms with E-state index in [1.54, 1.807) is 42.5 Å². The van der Waals surface area contributed by atoms with Gasteiger partial charge in [0.2, 0.25) is 0 Å². The van der Waals surface area contributed by atoms with Crippen molar-refractivity contribution in [2.75, 3.05) is 5.32 Å². The summed E-state index contributed by atoms with van der Waals surface area (Å²) in [4.78, 5) is 12.2. The fourth-order valence-corrected chi connectivity index (χ4v) is 2.38. The number of nitrogens with one attached hydrogen (secondary N) is 2. The molecule has 1 atom stereocenters. The molecular weight excluding hydrogens is 328 g/mol. The third-order valence-electron chi connectivity index (χ3n) is 3.52. The molecule has 130 valence electrons. The Balaban J connectivity index is 2.15. The summed E-state index contributed by atoms with van der Waals surface area (Å²) in [5.41, 5.74) is 1.15. The quantitative estimate of drug-likeness (QED) is 0.813. The predicted molar refractivity (Wildman–Crippen MR) is 89.4 cm³/mol. The van der Waals surface area contributed by atoms with Gasteiger partial charge >= 0.3 is 12.6 Å². The van der Waals surface area contributed by atoms with E-state index in [0.717, 1.165) is 0 Å². The van der Waals surface area contributed by atoms with Crippen molar-refractivity contribution in [3.8, 4) is 11.8 Å². The number of carbonyl (C=O) groups is 1. The van der Waals surface area contributed by atoms with Crippen molar-refractivity contribution in [1.29, 1.82) is 5.26 Å². The van der Waals surface area contributed by atoms with Gasteiger partial charge in [-0.2, -0.15) is 14.0 Å². The molecule has 0 aromatic heterocycles. The molecule has 2 aromatic carbocycles. The van der Waals surface area contributed by atoms with Gasteiger partial charge in [-0.1, -0.05) is 37.3 Å². The van der Waals surface area contributed by atoms with Crippen molar-refractivity contribution in [1.82, 2.24) is 5.32 Å². The minimum absolute atomic E-state index is 0.0158. The van der Waals surface area contributed by atoms with Crippen molar-refractivity contribution in [2.45, 2.75) is 26.0 Å². The van der Waals surface area contributed by atoms with Gasteiger partial charge in [-0.25, -0.2) is 4.79 Å². The van der Waals surface area contributed by atoms with Crippen LogP contribution in [0.5, 0.6) is 5.75 Å². The molecule has 0 bridgehead atoms. The second-order valence-corrected chi connectivity index (χ2v) is 5.13. The first kappa shape index (κ1) is 18.2. The number of hydrogen-bond donors (Lipinski definition) is 2. The maximum atomic E-state index is 12.5. The molecule has 0 heterocycles. The predicted octanol–water partition coefficient (Wildman–Crippen LogP) is 4.43. The molecule has 0 radical (unpaired) electrons. The summed E-state index contributed by atoms with van der Waals surface area (Å²) < 4.78 is 29.6. The molecule has 2 N–H and O–H groups in total. The number of ether oxygens (including phenoxy) is 1. The second kappa shape index (κ2) is 8.64. The van der Waals surface area contributed by atoms with Crippen LogP contribution in [0.4, 0.5) is 19.3 Å². The maximum absolute atomic E-state index is 12.5. The van der Waals surface area contributed by atoms with Crippen molar-refractivity contribution in [3.05, 3.63) is 59.7 Å². The van der Waals surface area contributed by atoms with Crippen LogP contribution in [0.15, 0.2) is 48.5 Å². The van der Waals surface area contributed by atoms with Crippen molar-refractivity contribution < 1.29 is 18.3 Å². The zero-order valence-electron chi connectivity index (χ0n) is 13.5. The molecule has 0 spiro atoms. The summed E-state index contributed by atoms with van der Waals surface area (Å²) in [5.74, 6) is 0.0158. The van der Waals surface area contributed by atoms with Crippen LogP contribution in [-0.4, -0.2) is 12.6 Å². The van der Waals surface area contributed by atoms with E-state index in [-0.39, 0.29) is 5.75 Å². The van der Waals surface area contributed by atoms with E-state index in [2.05, 4.69) is 15.4 Å². The molecular formula is C18H17F2N3O2. The first-order chi connectivity index (χ1) is 12.0. The van der Waals surface area contributed by atoms with Crippen LogP contribution >= 0.6 is 0 Å². The Morgan fingerprint density at radius 1 is 1.20 bits per heavy atom. The Bertz CT molecular complexity index is 775. The molecule has 5 nitrogen and oxygen atoms in total. The highest BCUT2D eigenvalue weighted by molar-refractivity contribution is 5.91. The number of anilines is 1. The number of benzene rings is 2. The molecule has 2 rings (SSSR count). The van der Waals surface area contributed by atoms with Crippen LogP contribution in [0.25, 0.3) is 0 Å². The Kier molecular flexibility index (Phi) is 6.29. The summed E-state index contributed by atoms with van der Waals surface area (Å²) >= 11 is 0. The lowest BCUT2D eigenvalue weighted by Crippen LogP contribution is -2.32. The second-order valence-electron chi connectivity index (χ2n) is 5.13. The third kappa shape index (κ3) is 4.91. The number of halogens is 2. The Hall–Kier alpha value is -3.14. The van der Waals surface area contributed by atoms with E-state index in [1.165, 1.54) is 6.07 Å². The van der Waals surface area contributed by atoms with E-state index in [0.29, 0.717) is 23.2 Å². The van der Waals surface area contributed by atoms with Gasteiger partial charge in [-0.15, -0.1) is 0 Å².